The van der Waals surface area contributed by atoms with Crippen molar-refractivity contribution in [3.63, 3.8) is 0 Å². The van der Waals surface area contributed by atoms with E-state index in [4.69, 9.17) is 10.0 Å². The van der Waals surface area contributed by atoms with Gasteiger partial charge >= 0.3 is 7.69 Å². The number of thiophene rings is 1. The van der Waals surface area contributed by atoms with Crippen LogP contribution >= 0.6 is 11.3 Å². The molecule has 0 bridgehead atoms. The quantitative estimate of drug-likeness (QED) is 0.447. The molecule has 0 aliphatic carbocycles. The number of rotatable bonds is 1. The molecule has 1 aromatic rings. The average Bonchev–Trinajstić information content (AvgIpc) is 2.39. The summed E-state index contributed by atoms with van der Waals surface area (Å²) in [5.74, 6) is 0. The van der Waals surface area contributed by atoms with Gasteiger partial charge in [0.1, 0.15) is 0 Å². The molecule has 0 saturated heterocycles. The van der Waals surface area contributed by atoms with Crippen LogP contribution in [0.2, 0.25) is 0 Å². The zero-order valence-electron chi connectivity index (χ0n) is 5.10. The largest absolute Gasteiger partial charge is 0.482 e. The van der Waals surface area contributed by atoms with Crippen molar-refractivity contribution in [1.29, 1.82) is 0 Å². The van der Waals surface area contributed by atoms with Crippen molar-refractivity contribution in [3.8, 4) is 0 Å². The molecule has 5 heteroatoms. The van der Waals surface area contributed by atoms with E-state index in [9.17, 15) is 4.79 Å². The highest BCUT2D eigenvalue weighted by Crippen LogP contribution is 2.03. The Morgan fingerprint density at radius 1 is 1.60 bits per heavy atom. The van der Waals surface area contributed by atoms with Crippen LogP contribution in [0.4, 0.5) is 0 Å². The lowest BCUT2D eigenvalue weighted by molar-refractivity contribution is 0.112. The second-order valence-corrected chi connectivity index (χ2v) is 2.23. The Hall–Kier alpha value is -0.645. The molecule has 0 aromatic carbocycles. The molecule has 1 rings (SSSR count). The van der Waals surface area contributed by atoms with Crippen molar-refractivity contribution in [2.24, 2.45) is 0 Å². The monoisotopic (exact) mass is 157 g/mol. The molecule has 0 aliphatic rings. The molecule has 3 nitrogen and oxygen atoms in total. The molecule has 1 heterocycles. The van der Waals surface area contributed by atoms with E-state index in [0.29, 0.717) is 0 Å². The third-order valence-corrected chi connectivity index (χ3v) is 1.46. The Bertz CT molecular complexity index is 163. The molecule has 0 spiro atoms. The highest BCUT2D eigenvalue weighted by Gasteiger charge is 1.82. The minimum absolute atomic E-state index is 0. The predicted octanol–water partition coefficient (Wildman–Crippen LogP) is 0.0658. The van der Waals surface area contributed by atoms with Gasteiger partial charge < -0.3 is 10.0 Å². The van der Waals surface area contributed by atoms with E-state index in [1.54, 1.807) is 6.07 Å². The number of carbonyl (C=O) groups excluding carboxylic acids is 1. The second-order valence-electron chi connectivity index (χ2n) is 1.25. The fraction of sp³-hybridized carbons (Fsp3) is 0. The van der Waals surface area contributed by atoms with Crippen LogP contribution in [0.3, 0.4) is 0 Å². The van der Waals surface area contributed by atoms with Gasteiger partial charge in [0, 0.05) is 0 Å². The van der Waals surface area contributed by atoms with E-state index in [2.05, 4.69) is 0 Å². The molecule has 0 fully saturated rings. The summed E-state index contributed by atoms with van der Waals surface area (Å²) in [4.78, 5) is 10.7. The van der Waals surface area contributed by atoms with Gasteiger partial charge in [-0.15, -0.1) is 11.3 Å². The maximum atomic E-state index is 9.88. The molecule has 2 N–H and O–H groups in total. The third kappa shape index (κ3) is 4.26. The Kier molecular flexibility index (Phi) is 6.06. The van der Waals surface area contributed by atoms with Crippen molar-refractivity contribution in [1.82, 2.24) is 0 Å². The lowest BCUT2D eigenvalue weighted by atomic mass is 10.5. The van der Waals surface area contributed by atoms with E-state index in [-0.39, 0.29) is 7.69 Å². The average molecular weight is 157 g/mol. The Morgan fingerprint density at radius 3 is 2.40 bits per heavy atom. The zero-order chi connectivity index (χ0) is 7.82. The van der Waals surface area contributed by atoms with Crippen LogP contribution < -0.4 is 0 Å². The standard InChI is InChI=1S/C5H4OS.BH2O2/c6-4-5-2-1-3-7-5;2-1-3/h1-4H;2-3H. The Morgan fingerprint density at radius 2 is 2.20 bits per heavy atom. The van der Waals surface area contributed by atoms with Crippen LogP contribution in [0.5, 0.6) is 0 Å². The third-order valence-electron chi connectivity index (χ3n) is 0.659. The second kappa shape index (κ2) is 6.47. The molecular weight excluding hydrogens is 151 g/mol. The summed E-state index contributed by atoms with van der Waals surface area (Å²) < 4.78 is 0. The summed E-state index contributed by atoms with van der Waals surface area (Å²) in [6.07, 6.45) is 0.852. The van der Waals surface area contributed by atoms with E-state index >= 15 is 0 Å². The van der Waals surface area contributed by atoms with Crippen LogP contribution in [0.25, 0.3) is 0 Å². The van der Waals surface area contributed by atoms with Gasteiger partial charge in [-0.3, -0.25) is 4.79 Å². The Labute approximate surface area is 63.2 Å². The van der Waals surface area contributed by atoms with Crippen LogP contribution in [-0.4, -0.2) is 24.0 Å². The lowest BCUT2D eigenvalue weighted by Gasteiger charge is -1.66. The summed E-state index contributed by atoms with van der Waals surface area (Å²) in [5.41, 5.74) is 0. The highest BCUT2D eigenvalue weighted by molar-refractivity contribution is 7.11. The fourth-order valence-corrected chi connectivity index (χ4v) is 0.885. The minimum Gasteiger partial charge on any atom is -0.429 e. The summed E-state index contributed by atoms with van der Waals surface area (Å²) in [7, 11) is 0. The van der Waals surface area contributed by atoms with Crippen molar-refractivity contribution in [2.45, 2.75) is 0 Å². The molecule has 0 atom stereocenters. The van der Waals surface area contributed by atoms with Crippen molar-refractivity contribution >= 4 is 25.3 Å². The number of hydrogen-bond acceptors (Lipinski definition) is 4. The van der Waals surface area contributed by atoms with Gasteiger partial charge in [0.05, 0.1) is 4.88 Å². The van der Waals surface area contributed by atoms with Crippen LogP contribution in [0.15, 0.2) is 17.5 Å². The van der Waals surface area contributed by atoms with E-state index < -0.39 is 0 Å². The summed E-state index contributed by atoms with van der Waals surface area (Å²) in [6, 6.07) is 3.64. The van der Waals surface area contributed by atoms with Crippen LogP contribution in [0, 0.1) is 0 Å². The summed E-state index contributed by atoms with van der Waals surface area (Å²) in [5, 5.41) is 15.9. The first-order valence-electron chi connectivity index (χ1n) is 2.44. The fourth-order valence-electron chi connectivity index (χ4n) is 0.358. The minimum atomic E-state index is 0. The highest BCUT2D eigenvalue weighted by atomic mass is 32.1. The van der Waals surface area contributed by atoms with Crippen molar-refractivity contribution in [3.05, 3.63) is 22.4 Å². The van der Waals surface area contributed by atoms with E-state index in [1.165, 1.54) is 11.3 Å². The van der Waals surface area contributed by atoms with E-state index in [1.807, 2.05) is 11.4 Å². The maximum Gasteiger partial charge on any atom is 0.482 e. The Balaban J connectivity index is 0.000000236. The first kappa shape index (κ1) is 9.35. The van der Waals surface area contributed by atoms with Gasteiger partial charge in [0.2, 0.25) is 0 Å². The van der Waals surface area contributed by atoms with E-state index in [0.717, 1.165) is 11.2 Å². The maximum absolute atomic E-state index is 9.88. The first-order valence-corrected chi connectivity index (χ1v) is 3.32. The molecule has 1 radical (unpaired) electrons. The lowest BCUT2D eigenvalue weighted by Crippen LogP contribution is -1.75. The molecular formula is C5H6BO3S. The SMILES string of the molecule is O=Cc1cccs1.O[B]O. The first-order chi connectivity index (χ1) is 4.85. The molecule has 10 heavy (non-hydrogen) atoms. The summed E-state index contributed by atoms with van der Waals surface area (Å²) in [6.45, 7) is 0. The molecule has 1 aromatic heterocycles. The number of aldehydes is 1. The van der Waals surface area contributed by atoms with Gasteiger partial charge in [0.25, 0.3) is 0 Å². The van der Waals surface area contributed by atoms with Crippen LogP contribution in [0.1, 0.15) is 9.67 Å². The van der Waals surface area contributed by atoms with Crippen molar-refractivity contribution in [2.75, 3.05) is 0 Å². The molecule has 0 aliphatic heterocycles. The molecule has 53 valence electrons. The topological polar surface area (TPSA) is 57.5 Å². The van der Waals surface area contributed by atoms with Gasteiger partial charge in [0.15, 0.2) is 6.29 Å². The van der Waals surface area contributed by atoms with Gasteiger partial charge in [-0.25, -0.2) is 0 Å². The molecule has 0 saturated carbocycles. The van der Waals surface area contributed by atoms with Gasteiger partial charge in [-0.05, 0) is 11.4 Å². The zero-order valence-corrected chi connectivity index (χ0v) is 5.91. The summed E-state index contributed by atoms with van der Waals surface area (Å²) >= 11 is 1.45. The number of hydrogen-bond donors (Lipinski definition) is 2. The van der Waals surface area contributed by atoms with Gasteiger partial charge in [-0.2, -0.15) is 0 Å². The predicted molar refractivity (Wildman–Crippen MR) is 39.9 cm³/mol. The van der Waals surface area contributed by atoms with Crippen molar-refractivity contribution < 1.29 is 14.8 Å². The smallest absolute Gasteiger partial charge is 0.429 e. The van der Waals surface area contributed by atoms with Gasteiger partial charge in [-0.1, -0.05) is 6.07 Å². The van der Waals surface area contributed by atoms with Crippen LogP contribution in [-0.2, 0) is 0 Å². The molecule has 0 amide bonds. The molecule has 0 unspecified atom stereocenters. The number of carbonyl (C=O) groups is 1. The normalized spacial score (nSPS) is 7.40.